The van der Waals surface area contributed by atoms with Crippen molar-refractivity contribution >= 4 is 11.6 Å². The second-order valence-electron chi connectivity index (χ2n) is 7.30. The molecule has 4 aromatic rings. The zero-order valence-electron chi connectivity index (χ0n) is 17.6. The summed E-state index contributed by atoms with van der Waals surface area (Å²) < 4.78 is 85.5. The van der Waals surface area contributed by atoms with Crippen LogP contribution in [0.4, 0.5) is 32.0 Å². The zero-order chi connectivity index (χ0) is 25.4. The molecule has 3 heterocycles. The molecule has 0 radical (unpaired) electrons. The molecule has 1 amide bonds. The fourth-order valence-electron chi connectivity index (χ4n) is 3.22. The average Bonchev–Trinajstić information content (AvgIpc) is 3.48. The number of alkyl halides is 6. The lowest BCUT2D eigenvalue weighted by atomic mass is 9.98. The van der Waals surface area contributed by atoms with E-state index < -0.39 is 41.0 Å². The summed E-state index contributed by atoms with van der Waals surface area (Å²) in [6.07, 6.45) is -3.26. The van der Waals surface area contributed by atoms with Crippen molar-refractivity contribution in [3.8, 4) is 11.5 Å². The predicted octanol–water partition coefficient (Wildman–Crippen LogP) is 5.23. The Bertz CT molecular complexity index is 1350. The topological polar surface area (TPSA) is 98.7 Å². The molecule has 4 rings (SSSR count). The van der Waals surface area contributed by atoms with Crippen LogP contribution in [0.25, 0.3) is 11.5 Å². The van der Waals surface area contributed by atoms with Crippen molar-refractivity contribution in [2.45, 2.75) is 25.3 Å². The molecule has 0 fully saturated rings. The van der Waals surface area contributed by atoms with Gasteiger partial charge in [0.1, 0.15) is 5.69 Å². The fraction of sp³-hybridized carbons (Fsp3) is 0.190. The Kier molecular flexibility index (Phi) is 6.05. The van der Waals surface area contributed by atoms with E-state index >= 15 is 0 Å². The SMILES string of the molecule is C[C@H](c1ccc(C(F)(F)F)cc1C(F)(F)F)n1cc(NC(=O)c2cc(-c3cnccn3)on2)cn1. The molecule has 0 unspecified atom stereocenters. The third-order valence-electron chi connectivity index (χ3n) is 4.95. The van der Waals surface area contributed by atoms with Crippen molar-refractivity contribution in [1.29, 1.82) is 0 Å². The first-order chi connectivity index (χ1) is 16.4. The van der Waals surface area contributed by atoms with Gasteiger partial charge in [0, 0.05) is 24.7 Å². The molecule has 0 bridgehead atoms. The maximum Gasteiger partial charge on any atom is 0.416 e. The van der Waals surface area contributed by atoms with Crippen LogP contribution in [0.2, 0.25) is 0 Å². The second-order valence-corrected chi connectivity index (χ2v) is 7.30. The molecular weight excluding hydrogens is 482 g/mol. The minimum Gasteiger partial charge on any atom is -0.354 e. The van der Waals surface area contributed by atoms with Crippen LogP contribution >= 0.6 is 0 Å². The van der Waals surface area contributed by atoms with E-state index in [2.05, 4.69) is 25.5 Å². The number of benzene rings is 1. The van der Waals surface area contributed by atoms with E-state index in [9.17, 15) is 31.1 Å². The highest BCUT2D eigenvalue weighted by Gasteiger charge is 2.39. The normalized spacial score (nSPS) is 13.0. The van der Waals surface area contributed by atoms with Gasteiger partial charge in [-0.2, -0.15) is 31.4 Å². The molecule has 0 saturated carbocycles. The summed E-state index contributed by atoms with van der Waals surface area (Å²) in [5, 5.41) is 10.1. The van der Waals surface area contributed by atoms with E-state index in [0.717, 1.165) is 10.7 Å². The Labute approximate surface area is 192 Å². The Balaban J connectivity index is 1.54. The summed E-state index contributed by atoms with van der Waals surface area (Å²) in [6.45, 7) is 1.33. The molecule has 182 valence electrons. The van der Waals surface area contributed by atoms with Crippen molar-refractivity contribution in [1.82, 2.24) is 24.9 Å². The highest BCUT2D eigenvalue weighted by molar-refractivity contribution is 6.03. The van der Waals surface area contributed by atoms with Crippen LogP contribution in [-0.2, 0) is 12.4 Å². The van der Waals surface area contributed by atoms with E-state index in [4.69, 9.17) is 4.52 Å². The molecule has 0 spiro atoms. The van der Waals surface area contributed by atoms with Gasteiger partial charge in [-0.1, -0.05) is 11.2 Å². The first kappa shape index (κ1) is 23.9. The number of rotatable bonds is 5. The molecule has 14 heteroatoms. The van der Waals surface area contributed by atoms with Gasteiger partial charge in [-0.15, -0.1) is 0 Å². The molecule has 0 aliphatic rings. The summed E-state index contributed by atoms with van der Waals surface area (Å²) in [5.74, 6) is -0.504. The molecule has 1 atom stereocenters. The number of aromatic nitrogens is 5. The smallest absolute Gasteiger partial charge is 0.354 e. The number of halogens is 6. The standard InChI is InChI=1S/C21H14F6N6O2/c1-11(14-3-2-12(20(22,23)24)6-15(14)21(25,26)27)33-10-13(8-30-33)31-19(34)16-7-18(35-32-16)17-9-28-4-5-29-17/h2-11H,1H3,(H,31,34)/t11-/m1/s1. The van der Waals surface area contributed by atoms with Crippen molar-refractivity contribution < 1.29 is 35.7 Å². The minimum atomic E-state index is -5.02. The zero-order valence-corrected chi connectivity index (χ0v) is 17.6. The number of amides is 1. The average molecular weight is 496 g/mol. The largest absolute Gasteiger partial charge is 0.416 e. The monoisotopic (exact) mass is 496 g/mol. The number of hydrogen-bond acceptors (Lipinski definition) is 6. The molecular formula is C21H14F6N6O2. The summed E-state index contributed by atoms with van der Waals surface area (Å²) in [7, 11) is 0. The Morgan fingerprint density at radius 2 is 1.83 bits per heavy atom. The molecule has 3 aromatic heterocycles. The number of carbonyl (C=O) groups is 1. The Hall–Kier alpha value is -4.23. The first-order valence-electron chi connectivity index (χ1n) is 9.80. The van der Waals surface area contributed by atoms with Crippen molar-refractivity contribution in [3.05, 3.63) is 77.6 Å². The Morgan fingerprint density at radius 3 is 2.49 bits per heavy atom. The van der Waals surface area contributed by atoms with Crippen LogP contribution < -0.4 is 5.32 Å². The van der Waals surface area contributed by atoms with E-state index in [1.165, 1.54) is 44.0 Å². The quantitative estimate of drug-likeness (QED) is 0.380. The molecule has 0 aliphatic heterocycles. The van der Waals surface area contributed by atoms with Crippen molar-refractivity contribution in [3.63, 3.8) is 0 Å². The number of hydrogen-bond donors (Lipinski definition) is 1. The summed E-state index contributed by atoms with van der Waals surface area (Å²) in [6, 6.07) is 1.63. The van der Waals surface area contributed by atoms with E-state index in [1.54, 1.807) is 0 Å². The van der Waals surface area contributed by atoms with E-state index in [1.807, 2.05) is 0 Å². The van der Waals surface area contributed by atoms with Gasteiger partial charge >= 0.3 is 12.4 Å². The molecule has 8 nitrogen and oxygen atoms in total. The van der Waals surface area contributed by atoms with Gasteiger partial charge < -0.3 is 9.84 Å². The molecule has 1 aromatic carbocycles. The number of carbonyl (C=O) groups excluding carboxylic acids is 1. The van der Waals surface area contributed by atoms with Gasteiger partial charge in [-0.05, 0) is 24.6 Å². The van der Waals surface area contributed by atoms with Crippen LogP contribution in [0.15, 0.2) is 59.8 Å². The number of nitrogens with one attached hydrogen (secondary N) is 1. The van der Waals surface area contributed by atoms with Crippen LogP contribution in [0.5, 0.6) is 0 Å². The van der Waals surface area contributed by atoms with E-state index in [0.29, 0.717) is 11.8 Å². The van der Waals surface area contributed by atoms with E-state index in [-0.39, 0.29) is 23.2 Å². The van der Waals surface area contributed by atoms with Crippen LogP contribution in [0.3, 0.4) is 0 Å². The van der Waals surface area contributed by atoms with Crippen LogP contribution in [-0.4, -0.2) is 30.8 Å². The highest BCUT2D eigenvalue weighted by Crippen LogP contribution is 2.39. The molecule has 1 N–H and O–H groups in total. The predicted molar refractivity (Wildman–Crippen MR) is 108 cm³/mol. The lowest BCUT2D eigenvalue weighted by Crippen LogP contribution is -2.17. The minimum absolute atomic E-state index is 0.0668. The summed E-state index contributed by atoms with van der Waals surface area (Å²) in [4.78, 5) is 20.4. The van der Waals surface area contributed by atoms with Gasteiger partial charge in [0.25, 0.3) is 5.91 Å². The van der Waals surface area contributed by atoms with Gasteiger partial charge in [-0.25, -0.2) is 4.98 Å². The van der Waals surface area contributed by atoms with Crippen molar-refractivity contribution in [2.75, 3.05) is 5.32 Å². The molecule has 0 saturated heterocycles. The van der Waals surface area contributed by atoms with Gasteiger partial charge in [-0.3, -0.25) is 14.5 Å². The highest BCUT2D eigenvalue weighted by atomic mass is 19.4. The van der Waals surface area contributed by atoms with Gasteiger partial charge in [0.15, 0.2) is 11.5 Å². The van der Waals surface area contributed by atoms with Crippen molar-refractivity contribution in [2.24, 2.45) is 0 Å². The third kappa shape index (κ3) is 5.15. The molecule has 35 heavy (non-hydrogen) atoms. The first-order valence-corrected chi connectivity index (χ1v) is 9.80. The maximum atomic E-state index is 13.5. The molecule has 0 aliphatic carbocycles. The maximum absolute atomic E-state index is 13.5. The lowest BCUT2D eigenvalue weighted by molar-refractivity contribution is -0.143. The van der Waals surface area contributed by atoms with Gasteiger partial charge in [0.2, 0.25) is 0 Å². The van der Waals surface area contributed by atoms with Gasteiger partial charge in [0.05, 0.1) is 35.2 Å². The summed E-state index contributed by atoms with van der Waals surface area (Å²) >= 11 is 0. The lowest BCUT2D eigenvalue weighted by Gasteiger charge is -2.20. The van der Waals surface area contributed by atoms with Crippen LogP contribution in [0, 0.1) is 0 Å². The third-order valence-corrected chi connectivity index (χ3v) is 4.95. The fourth-order valence-corrected chi connectivity index (χ4v) is 3.22. The Morgan fingerprint density at radius 1 is 1.06 bits per heavy atom. The summed E-state index contributed by atoms with van der Waals surface area (Å²) in [5.41, 5.74) is -2.91. The number of nitrogens with zero attached hydrogens (tertiary/aromatic N) is 5. The van der Waals surface area contributed by atoms with Crippen LogP contribution in [0.1, 0.15) is 40.1 Å². The second kappa shape index (κ2) is 8.85. The number of anilines is 1.